The van der Waals surface area contributed by atoms with Crippen LogP contribution in [0.1, 0.15) is 18.3 Å². The molecule has 96 valence electrons. The Morgan fingerprint density at radius 1 is 1.33 bits per heavy atom. The maximum atomic E-state index is 4.51. The van der Waals surface area contributed by atoms with Crippen LogP contribution in [0.5, 0.6) is 0 Å². The fraction of sp³-hybridized carbons (Fsp3) is 0.308. The van der Waals surface area contributed by atoms with E-state index >= 15 is 0 Å². The van der Waals surface area contributed by atoms with Gasteiger partial charge in [0.1, 0.15) is 0 Å². The molecule has 0 aliphatic heterocycles. The highest BCUT2D eigenvalue weighted by atomic mass is 79.9. The molecule has 0 aliphatic carbocycles. The van der Waals surface area contributed by atoms with Crippen molar-refractivity contribution in [3.8, 4) is 0 Å². The summed E-state index contributed by atoms with van der Waals surface area (Å²) >= 11 is 8.94. The molecule has 2 aromatic rings. The molecule has 0 atom stereocenters. The molecule has 1 aromatic carbocycles. The van der Waals surface area contributed by atoms with Gasteiger partial charge in [0.15, 0.2) is 0 Å². The Morgan fingerprint density at radius 3 is 2.78 bits per heavy atom. The van der Waals surface area contributed by atoms with Gasteiger partial charge in [-0.05, 0) is 48.0 Å². The largest absolute Gasteiger partial charge is 0.268 e. The zero-order valence-corrected chi connectivity index (χ0v) is 14.3. The summed E-state index contributed by atoms with van der Waals surface area (Å²) in [6.45, 7) is 5.05. The van der Waals surface area contributed by atoms with Gasteiger partial charge in [0.25, 0.3) is 0 Å². The van der Waals surface area contributed by atoms with E-state index in [0.717, 1.165) is 26.9 Å². The normalized spacial score (nSPS) is 10.9. The van der Waals surface area contributed by atoms with Gasteiger partial charge in [0, 0.05) is 21.7 Å². The van der Waals surface area contributed by atoms with Gasteiger partial charge in [-0.3, -0.25) is 4.68 Å². The van der Waals surface area contributed by atoms with Crippen molar-refractivity contribution in [2.45, 2.75) is 31.0 Å². The molecular weight excluding hydrogens is 376 g/mol. The highest BCUT2D eigenvalue weighted by molar-refractivity contribution is 9.10. The summed E-state index contributed by atoms with van der Waals surface area (Å²) in [6, 6.07) is 8.37. The Kier molecular flexibility index (Phi) is 4.92. The van der Waals surface area contributed by atoms with Gasteiger partial charge in [-0.1, -0.05) is 22.0 Å². The van der Waals surface area contributed by atoms with Crippen LogP contribution in [-0.2, 0) is 12.3 Å². The van der Waals surface area contributed by atoms with Crippen molar-refractivity contribution in [3.05, 3.63) is 44.6 Å². The van der Waals surface area contributed by atoms with Crippen molar-refractivity contribution in [2.75, 3.05) is 0 Å². The first kappa shape index (κ1) is 14.2. The molecule has 0 N–H and O–H groups in total. The number of aromatic nitrogens is 2. The molecule has 0 unspecified atom stereocenters. The summed E-state index contributed by atoms with van der Waals surface area (Å²) in [5.41, 5.74) is 2.31. The lowest BCUT2D eigenvalue weighted by atomic mass is 10.4. The average Bonchev–Trinajstić information content (AvgIpc) is 2.63. The Hall–Kier alpha value is -0.260. The van der Waals surface area contributed by atoms with Crippen LogP contribution >= 0.6 is 43.6 Å². The van der Waals surface area contributed by atoms with Crippen molar-refractivity contribution in [1.82, 2.24) is 9.78 Å². The Balaban J connectivity index is 2.15. The lowest BCUT2D eigenvalue weighted by Gasteiger charge is -2.06. The summed E-state index contributed by atoms with van der Waals surface area (Å²) in [4.78, 5) is 1.26. The van der Waals surface area contributed by atoms with Gasteiger partial charge in [-0.15, -0.1) is 11.8 Å². The third kappa shape index (κ3) is 3.19. The van der Waals surface area contributed by atoms with Gasteiger partial charge in [-0.25, -0.2) is 0 Å². The number of thioether (sulfide) groups is 1. The van der Waals surface area contributed by atoms with E-state index in [0.29, 0.717) is 0 Å². The highest BCUT2D eigenvalue weighted by Gasteiger charge is 2.12. The van der Waals surface area contributed by atoms with E-state index < -0.39 is 0 Å². The zero-order valence-electron chi connectivity index (χ0n) is 10.3. The maximum absolute atomic E-state index is 4.51. The first-order valence-electron chi connectivity index (χ1n) is 5.72. The van der Waals surface area contributed by atoms with E-state index in [-0.39, 0.29) is 0 Å². The predicted octanol–water partition coefficient (Wildman–Crippen LogP) is 5.03. The van der Waals surface area contributed by atoms with E-state index in [1.807, 2.05) is 24.8 Å². The van der Waals surface area contributed by atoms with Crippen molar-refractivity contribution < 1.29 is 0 Å². The van der Waals surface area contributed by atoms with Gasteiger partial charge in [0.05, 0.1) is 15.9 Å². The summed E-state index contributed by atoms with van der Waals surface area (Å²) in [5.74, 6) is 0.922. The first-order chi connectivity index (χ1) is 8.61. The molecule has 1 aromatic heterocycles. The number of hydrogen-bond acceptors (Lipinski definition) is 2. The molecule has 0 saturated carbocycles. The minimum Gasteiger partial charge on any atom is -0.268 e. The van der Waals surface area contributed by atoms with Gasteiger partial charge >= 0.3 is 0 Å². The second-order valence-electron chi connectivity index (χ2n) is 3.91. The van der Waals surface area contributed by atoms with Crippen molar-refractivity contribution in [3.63, 3.8) is 0 Å². The second-order valence-corrected chi connectivity index (χ2v) is 6.67. The molecule has 0 fully saturated rings. The van der Waals surface area contributed by atoms with Gasteiger partial charge in [0.2, 0.25) is 0 Å². The minimum absolute atomic E-state index is 0.904. The molecule has 2 nitrogen and oxygen atoms in total. The van der Waals surface area contributed by atoms with Crippen LogP contribution in [0.3, 0.4) is 0 Å². The fourth-order valence-electron chi connectivity index (χ4n) is 1.72. The average molecular weight is 390 g/mol. The molecule has 5 heteroatoms. The lowest BCUT2D eigenvalue weighted by Crippen LogP contribution is -2.01. The molecule has 0 amide bonds. The number of halogens is 2. The summed E-state index contributed by atoms with van der Waals surface area (Å²) in [7, 11) is 0. The van der Waals surface area contributed by atoms with Crippen LogP contribution in [0.25, 0.3) is 0 Å². The summed E-state index contributed by atoms with van der Waals surface area (Å²) < 4.78 is 4.31. The van der Waals surface area contributed by atoms with Crippen LogP contribution in [0.4, 0.5) is 0 Å². The van der Waals surface area contributed by atoms with Gasteiger partial charge in [-0.2, -0.15) is 5.10 Å². The smallest absolute Gasteiger partial charge is 0.0739 e. The fourth-order valence-corrected chi connectivity index (χ4v) is 3.86. The molecule has 2 rings (SSSR count). The monoisotopic (exact) mass is 388 g/mol. The van der Waals surface area contributed by atoms with Crippen molar-refractivity contribution in [2.24, 2.45) is 0 Å². The van der Waals surface area contributed by atoms with Crippen molar-refractivity contribution in [1.29, 1.82) is 0 Å². The Bertz CT molecular complexity index is 552. The van der Waals surface area contributed by atoms with Gasteiger partial charge < -0.3 is 0 Å². The zero-order chi connectivity index (χ0) is 13.1. The van der Waals surface area contributed by atoms with Crippen LogP contribution in [0.15, 0.2) is 38.1 Å². The molecular formula is C13H14Br2N2S. The third-order valence-electron chi connectivity index (χ3n) is 2.62. The van der Waals surface area contributed by atoms with Crippen molar-refractivity contribution >= 4 is 43.6 Å². The molecule has 1 heterocycles. The molecule has 0 saturated heterocycles. The minimum atomic E-state index is 0.904. The van der Waals surface area contributed by atoms with Crippen LogP contribution < -0.4 is 0 Å². The molecule has 0 radical (unpaired) electrons. The Morgan fingerprint density at radius 2 is 2.11 bits per heavy atom. The van der Waals surface area contributed by atoms with E-state index in [1.54, 1.807) is 0 Å². The standard InChI is InChI=1S/C13H14Br2N2S/c1-3-17-12(13(15)9(2)16-17)8-18-11-6-4-5-10(14)7-11/h4-7H,3,8H2,1-2H3. The SMILES string of the molecule is CCn1nc(C)c(Br)c1CSc1cccc(Br)c1. The molecule has 0 spiro atoms. The third-order valence-corrected chi connectivity index (χ3v) is 5.15. The van der Waals surface area contributed by atoms with E-state index in [4.69, 9.17) is 0 Å². The number of hydrogen-bond donors (Lipinski definition) is 0. The number of nitrogens with zero attached hydrogens (tertiary/aromatic N) is 2. The highest BCUT2D eigenvalue weighted by Crippen LogP contribution is 2.30. The predicted molar refractivity (Wildman–Crippen MR) is 84.0 cm³/mol. The van der Waals surface area contributed by atoms with E-state index in [9.17, 15) is 0 Å². The number of aryl methyl sites for hydroxylation is 2. The number of rotatable bonds is 4. The second kappa shape index (κ2) is 6.26. The molecule has 18 heavy (non-hydrogen) atoms. The van der Waals surface area contributed by atoms with E-state index in [1.165, 1.54) is 10.6 Å². The van der Waals surface area contributed by atoms with E-state index in [2.05, 4.69) is 66.8 Å². The van der Waals surface area contributed by atoms with Crippen LogP contribution in [-0.4, -0.2) is 9.78 Å². The Labute approximate surface area is 128 Å². The lowest BCUT2D eigenvalue weighted by molar-refractivity contribution is 0.631. The molecule has 0 aliphatic rings. The first-order valence-corrected chi connectivity index (χ1v) is 8.29. The van der Waals surface area contributed by atoms with Crippen LogP contribution in [0.2, 0.25) is 0 Å². The maximum Gasteiger partial charge on any atom is 0.0739 e. The topological polar surface area (TPSA) is 17.8 Å². The summed E-state index contributed by atoms with van der Waals surface area (Å²) in [6.07, 6.45) is 0. The molecule has 0 bridgehead atoms. The number of benzene rings is 1. The van der Waals surface area contributed by atoms with Crippen LogP contribution in [0, 0.1) is 6.92 Å². The quantitative estimate of drug-likeness (QED) is 0.682. The summed E-state index contributed by atoms with van der Waals surface area (Å²) in [5, 5.41) is 4.51.